The van der Waals surface area contributed by atoms with Crippen molar-refractivity contribution in [1.82, 2.24) is 38.8 Å². The Hall–Kier alpha value is -4.99. The van der Waals surface area contributed by atoms with E-state index >= 15 is 0 Å². The SMILES string of the molecule is COc1cc(C(=O)N2CC3CC4CC2[C@H]43)cc2nc(-c3cc4cccnc4n3CC3CC3)n(Cc3cnn(-c4ccncc4)c3)c12. The highest BCUT2D eigenvalue weighted by Crippen LogP contribution is 2.60. The summed E-state index contributed by atoms with van der Waals surface area (Å²) >= 11 is 0. The number of methoxy groups -OCH3 is 1. The normalized spacial score (nSPS) is 23.0. The first-order valence-corrected chi connectivity index (χ1v) is 16.4. The average molecular weight is 611 g/mol. The van der Waals surface area contributed by atoms with Crippen molar-refractivity contribution in [2.45, 2.75) is 44.8 Å². The van der Waals surface area contributed by atoms with Crippen LogP contribution in [0.4, 0.5) is 0 Å². The summed E-state index contributed by atoms with van der Waals surface area (Å²) in [6, 6.07) is 14.5. The van der Waals surface area contributed by atoms with Gasteiger partial charge < -0.3 is 18.8 Å². The largest absolute Gasteiger partial charge is 0.494 e. The van der Waals surface area contributed by atoms with Gasteiger partial charge in [-0.25, -0.2) is 14.6 Å². The van der Waals surface area contributed by atoms with Crippen LogP contribution in [0.15, 0.2) is 73.4 Å². The number of aromatic nitrogens is 7. The van der Waals surface area contributed by atoms with Gasteiger partial charge in [-0.15, -0.1) is 0 Å². The van der Waals surface area contributed by atoms with Crippen molar-refractivity contribution in [2.75, 3.05) is 13.7 Å². The summed E-state index contributed by atoms with van der Waals surface area (Å²) in [6.45, 7) is 2.30. The Balaban J connectivity index is 1.13. The number of hydrogen-bond acceptors (Lipinski definition) is 6. The van der Waals surface area contributed by atoms with E-state index in [2.05, 4.69) is 36.2 Å². The van der Waals surface area contributed by atoms with Crippen LogP contribution in [0.2, 0.25) is 0 Å². The molecule has 6 aromatic rings. The molecule has 3 unspecified atom stereocenters. The minimum absolute atomic E-state index is 0.0971. The molecule has 0 bridgehead atoms. The van der Waals surface area contributed by atoms with E-state index in [9.17, 15) is 4.79 Å². The van der Waals surface area contributed by atoms with Crippen LogP contribution in [0.25, 0.3) is 39.3 Å². The second-order valence-corrected chi connectivity index (χ2v) is 13.7. The molecule has 5 aromatic heterocycles. The molecule has 3 saturated carbocycles. The average Bonchev–Trinajstić information content (AvgIpc) is 3.47. The zero-order chi connectivity index (χ0) is 30.5. The van der Waals surface area contributed by atoms with Crippen molar-refractivity contribution in [3.8, 4) is 23.0 Å². The number of carbonyl (C=O) groups is 1. The Morgan fingerprint density at radius 3 is 2.72 bits per heavy atom. The van der Waals surface area contributed by atoms with Crippen molar-refractivity contribution < 1.29 is 9.53 Å². The summed E-state index contributed by atoms with van der Waals surface area (Å²) in [5.41, 5.74) is 6.23. The highest BCUT2D eigenvalue weighted by atomic mass is 16.5. The molecule has 4 fully saturated rings. The zero-order valence-electron chi connectivity index (χ0n) is 25.7. The lowest BCUT2D eigenvalue weighted by atomic mass is 9.53. The summed E-state index contributed by atoms with van der Waals surface area (Å²) in [5.74, 6) is 4.46. The van der Waals surface area contributed by atoms with Crippen molar-refractivity contribution in [1.29, 1.82) is 0 Å². The molecule has 0 N–H and O–H groups in total. The minimum atomic E-state index is 0.0971. The number of rotatable bonds is 8. The number of ether oxygens (including phenoxy) is 1. The van der Waals surface area contributed by atoms with Crippen LogP contribution in [0.3, 0.4) is 0 Å². The number of benzene rings is 1. The maximum atomic E-state index is 14.0. The molecule has 230 valence electrons. The van der Waals surface area contributed by atoms with Crippen molar-refractivity contribution in [3.05, 3.63) is 84.6 Å². The Bertz CT molecular complexity index is 2160. The van der Waals surface area contributed by atoms with E-state index in [4.69, 9.17) is 14.7 Å². The standard InChI is InChI=1S/C36H34N8O2/c1-46-31-15-25(36(45)42-20-26-11-24-14-29(42)32(24)26)12-28-33(31)43(18-22-16-39-44(19-22)27-6-9-37-10-7-27)35(40-28)30-13-23-3-2-8-38-34(23)41(30)17-21-4-5-21/h2-3,6-10,12-13,15-16,19,21,24,26,29,32H,4-5,11,14,17-18,20H2,1H3/t24?,26?,29?,32-/m1/s1. The number of imidazole rings is 1. The number of pyridine rings is 2. The first-order valence-electron chi connectivity index (χ1n) is 16.4. The van der Waals surface area contributed by atoms with E-state index in [1.807, 2.05) is 53.6 Å². The molecule has 1 saturated heterocycles. The molecule has 10 nitrogen and oxygen atoms in total. The lowest BCUT2D eigenvalue weighted by Gasteiger charge is -2.52. The summed E-state index contributed by atoms with van der Waals surface area (Å²) in [5, 5.41) is 5.75. The van der Waals surface area contributed by atoms with Crippen LogP contribution in [-0.2, 0) is 13.1 Å². The number of carbonyl (C=O) groups excluding carboxylic acids is 1. The maximum absolute atomic E-state index is 14.0. The molecule has 1 amide bonds. The molecule has 46 heavy (non-hydrogen) atoms. The van der Waals surface area contributed by atoms with Gasteiger partial charge in [-0.3, -0.25) is 9.78 Å². The Morgan fingerprint density at radius 2 is 1.91 bits per heavy atom. The predicted octanol–water partition coefficient (Wildman–Crippen LogP) is 5.58. The van der Waals surface area contributed by atoms with E-state index < -0.39 is 0 Å². The van der Waals surface area contributed by atoms with Crippen molar-refractivity contribution in [3.63, 3.8) is 0 Å². The summed E-state index contributed by atoms with van der Waals surface area (Å²) < 4.78 is 12.5. The second-order valence-electron chi connectivity index (χ2n) is 13.7. The summed E-state index contributed by atoms with van der Waals surface area (Å²) in [7, 11) is 1.68. The lowest BCUT2D eigenvalue weighted by molar-refractivity contribution is -0.0204. The maximum Gasteiger partial charge on any atom is 0.254 e. The van der Waals surface area contributed by atoms with Gasteiger partial charge in [0.25, 0.3) is 5.91 Å². The molecule has 10 rings (SSSR count). The van der Waals surface area contributed by atoms with Crippen LogP contribution < -0.4 is 4.74 Å². The first kappa shape index (κ1) is 26.2. The van der Waals surface area contributed by atoms with Gasteiger partial charge in [-0.05, 0) is 91.8 Å². The number of likely N-dealkylation sites (tertiary alicyclic amines) is 1. The molecule has 0 spiro atoms. The van der Waals surface area contributed by atoms with Crippen LogP contribution >= 0.6 is 0 Å². The van der Waals surface area contributed by atoms with Gasteiger partial charge in [0.1, 0.15) is 16.9 Å². The van der Waals surface area contributed by atoms with Crippen LogP contribution in [-0.4, -0.2) is 64.4 Å². The molecule has 4 atom stereocenters. The molecular formula is C36H34N8O2. The van der Waals surface area contributed by atoms with E-state index in [-0.39, 0.29) is 5.91 Å². The molecular weight excluding hydrogens is 576 g/mol. The van der Waals surface area contributed by atoms with Crippen molar-refractivity contribution in [2.24, 2.45) is 23.7 Å². The molecule has 1 aliphatic heterocycles. The fourth-order valence-corrected chi connectivity index (χ4v) is 8.50. The molecule has 10 heteroatoms. The molecule has 4 aliphatic rings. The molecule has 6 heterocycles. The fraction of sp³-hybridized carbons (Fsp3) is 0.361. The Kier molecular flexibility index (Phi) is 5.57. The van der Waals surface area contributed by atoms with Gasteiger partial charge in [0.2, 0.25) is 0 Å². The smallest absolute Gasteiger partial charge is 0.254 e. The van der Waals surface area contributed by atoms with E-state index in [1.165, 1.54) is 19.3 Å². The third-order valence-electron chi connectivity index (χ3n) is 11.0. The van der Waals surface area contributed by atoms with E-state index in [1.54, 1.807) is 19.5 Å². The first-order chi connectivity index (χ1) is 22.6. The van der Waals surface area contributed by atoms with Gasteiger partial charge in [0.05, 0.1) is 36.7 Å². The van der Waals surface area contributed by atoms with Crippen LogP contribution in [0, 0.1) is 23.7 Å². The van der Waals surface area contributed by atoms with Crippen LogP contribution in [0.1, 0.15) is 41.6 Å². The third-order valence-corrected chi connectivity index (χ3v) is 11.0. The van der Waals surface area contributed by atoms with Gasteiger partial charge in [-0.2, -0.15) is 5.10 Å². The molecule has 1 aromatic carbocycles. The zero-order valence-corrected chi connectivity index (χ0v) is 25.7. The minimum Gasteiger partial charge on any atom is -0.494 e. The highest BCUT2D eigenvalue weighted by molar-refractivity contribution is 6.00. The summed E-state index contributed by atoms with van der Waals surface area (Å²) in [6.07, 6.45) is 14.2. The monoisotopic (exact) mass is 610 g/mol. The third kappa shape index (κ3) is 3.91. The van der Waals surface area contributed by atoms with Crippen molar-refractivity contribution >= 4 is 28.0 Å². The van der Waals surface area contributed by atoms with Gasteiger partial charge in [-0.1, -0.05) is 0 Å². The van der Waals surface area contributed by atoms with E-state index in [0.29, 0.717) is 35.7 Å². The van der Waals surface area contributed by atoms with Gasteiger partial charge >= 0.3 is 0 Å². The number of hydrogen-bond donors (Lipinski definition) is 0. The number of amides is 1. The van der Waals surface area contributed by atoms with Gasteiger partial charge in [0, 0.05) is 60.4 Å². The fourth-order valence-electron chi connectivity index (χ4n) is 8.50. The van der Waals surface area contributed by atoms with Gasteiger partial charge in [0.15, 0.2) is 5.82 Å². The molecule has 3 aliphatic carbocycles. The lowest BCUT2D eigenvalue weighted by Crippen LogP contribution is -2.53. The Morgan fingerprint density at radius 1 is 1.02 bits per heavy atom. The molecule has 0 radical (unpaired) electrons. The highest BCUT2D eigenvalue weighted by Gasteiger charge is 2.61. The topological polar surface area (TPSA) is 95.9 Å². The number of nitrogens with zero attached hydrogens (tertiary/aromatic N) is 8. The number of fused-ring (bicyclic) bond motifs is 2. The second kappa shape index (κ2) is 9.75. The summed E-state index contributed by atoms with van der Waals surface area (Å²) in [4.78, 5) is 30.4. The predicted molar refractivity (Wildman–Crippen MR) is 173 cm³/mol. The quantitative estimate of drug-likeness (QED) is 0.223. The Labute approximate surface area is 265 Å². The van der Waals surface area contributed by atoms with Crippen LogP contribution in [0.5, 0.6) is 5.75 Å². The van der Waals surface area contributed by atoms with E-state index in [0.717, 1.165) is 76.2 Å².